The standard InChI is InChI=1S/C20H22Cl3N3O3S/c1-13-16(22)5-2-6-19(13)30(28,29)25-9-3-4-14(12-25)10-20(27)26(24)18-8-7-15(21)11-17(18)23/h2,5-8,11,14H,3-4,9-10,12,24H2,1H3. The number of carbonyl (C=O) groups excluding carboxylic acids is 1. The maximum absolute atomic E-state index is 13.1. The summed E-state index contributed by atoms with van der Waals surface area (Å²) in [5.41, 5.74) is 0.865. The van der Waals surface area contributed by atoms with E-state index in [0.29, 0.717) is 34.3 Å². The van der Waals surface area contributed by atoms with Crippen LogP contribution in [0.3, 0.4) is 0 Å². The highest BCUT2D eigenvalue weighted by molar-refractivity contribution is 7.89. The fourth-order valence-electron chi connectivity index (χ4n) is 3.57. The van der Waals surface area contributed by atoms with Crippen LogP contribution in [0, 0.1) is 12.8 Å². The molecule has 162 valence electrons. The van der Waals surface area contributed by atoms with E-state index in [9.17, 15) is 13.2 Å². The molecule has 2 aromatic carbocycles. The molecule has 0 spiro atoms. The molecule has 1 aliphatic rings. The van der Waals surface area contributed by atoms with Gasteiger partial charge in [0.2, 0.25) is 15.9 Å². The third-order valence-electron chi connectivity index (χ3n) is 5.22. The lowest BCUT2D eigenvalue weighted by atomic mass is 9.95. The van der Waals surface area contributed by atoms with Gasteiger partial charge in [-0.15, -0.1) is 0 Å². The zero-order valence-electron chi connectivity index (χ0n) is 16.3. The molecule has 1 saturated heterocycles. The first kappa shape index (κ1) is 23.3. The lowest BCUT2D eigenvalue weighted by Gasteiger charge is -2.32. The average Bonchev–Trinajstić information content (AvgIpc) is 2.69. The first-order chi connectivity index (χ1) is 14.1. The van der Waals surface area contributed by atoms with Crippen molar-refractivity contribution in [2.45, 2.75) is 31.1 Å². The molecule has 1 heterocycles. The molecule has 0 saturated carbocycles. The number of rotatable bonds is 5. The van der Waals surface area contributed by atoms with E-state index >= 15 is 0 Å². The molecule has 2 aromatic rings. The number of nitrogens with two attached hydrogens (primary N) is 1. The first-order valence-corrected chi connectivity index (χ1v) is 12.0. The number of carbonyl (C=O) groups is 1. The maximum atomic E-state index is 13.1. The van der Waals surface area contributed by atoms with Gasteiger partial charge in [-0.25, -0.2) is 19.3 Å². The van der Waals surface area contributed by atoms with Gasteiger partial charge in [0.15, 0.2) is 0 Å². The van der Waals surface area contributed by atoms with Crippen LogP contribution in [-0.4, -0.2) is 31.7 Å². The van der Waals surface area contributed by atoms with Crippen molar-refractivity contribution >= 4 is 56.4 Å². The molecule has 6 nitrogen and oxygen atoms in total. The molecule has 1 fully saturated rings. The topological polar surface area (TPSA) is 83.7 Å². The number of halogens is 3. The Balaban J connectivity index is 1.73. The van der Waals surface area contributed by atoms with Crippen molar-refractivity contribution in [3.05, 3.63) is 57.0 Å². The number of anilines is 1. The van der Waals surface area contributed by atoms with Crippen molar-refractivity contribution in [1.82, 2.24) is 4.31 Å². The quantitative estimate of drug-likeness (QED) is 0.375. The van der Waals surface area contributed by atoms with E-state index in [-0.39, 0.29) is 34.7 Å². The lowest BCUT2D eigenvalue weighted by molar-refractivity contribution is -0.119. The van der Waals surface area contributed by atoms with E-state index in [1.807, 2.05) is 0 Å². The van der Waals surface area contributed by atoms with E-state index in [2.05, 4.69) is 0 Å². The van der Waals surface area contributed by atoms with Gasteiger partial charge in [-0.05, 0) is 61.6 Å². The second kappa shape index (κ2) is 9.42. The van der Waals surface area contributed by atoms with Crippen LogP contribution >= 0.6 is 34.8 Å². The monoisotopic (exact) mass is 489 g/mol. The Kier molecular flexibility index (Phi) is 7.32. The van der Waals surface area contributed by atoms with Gasteiger partial charge in [0.25, 0.3) is 0 Å². The van der Waals surface area contributed by atoms with Crippen molar-refractivity contribution in [1.29, 1.82) is 0 Å². The predicted molar refractivity (Wildman–Crippen MR) is 120 cm³/mol. The lowest BCUT2D eigenvalue weighted by Crippen LogP contribution is -2.43. The number of hydrogen-bond acceptors (Lipinski definition) is 4. The van der Waals surface area contributed by atoms with Crippen molar-refractivity contribution in [2.24, 2.45) is 11.8 Å². The summed E-state index contributed by atoms with van der Waals surface area (Å²) in [6.07, 6.45) is 1.49. The molecule has 1 atom stereocenters. The van der Waals surface area contributed by atoms with Gasteiger partial charge in [0.05, 0.1) is 15.6 Å². The number of nitrogens with zero attached hydrogens (tertiary/aromatic N) is 2. The number of hydrogen-bond donors (Lipinski definition) is 1. The molecule has 2 N–H and O–H groups in total. The Bertz CT molecular complexity index is 1060. The summed E-state index contributed by atoms with van der Waals surface area (Å²) in [6, 6.07) is 9.50. The summed E-state index contributed by atoms with van der Waals surface area (Å²) in [5, 5.41) is 2.10. The van der Waals surface area contributed by atoms with Gasteiger partial charge in [0, 0.05) is 29.6 Å². The van der Waals surface area contributed by atoms with Crippen LogP contribution in [0.5, 0.6) is 0 Å². The molecule has 10 heteroatoms. The van der Waals surface area contributed by atoms with E-state index < -0.39 is 10.0 Å². The van der Waals surface area contributed by atoms with Crippen molar-refractivity contribution in [2.75, 3.05) is 18.1 Å². The molecular weight excluding hydrogens is 469 g/mol. The SMILES string of the molecule is Cc1c(Cl)cccc1S(=O)(=O)N1CCCC(CC(=O)N(N)c2ccc(Cl)cc2Cl)C1. The molecule has 0 bridgehead atoms. The number of hydrazine groups is 1. The summed E-state index contributed by atoms with van der Waals surface area (Å²) >= 11 is 18.1. The second-order valence-electron chi connectivity index (χ2n) is 7.30. The Morgan fingerprint density at radius 2 is 1.93 bits per heavy atom. The molecule has 0 aromatic heterocycles. The van der Waals surface area contributed by atoms with E-state index in [1.165, 1.54) is 10.4 Å². The van der Waals surface area contributed by atoms with Crippen LogP contribution in [0.1, 0.15) is 24.8 Å². The highest BCUT2D eigenvalue weighted by atomic mass is 35.5. The maximum Gasteiger partial charge on any atom is 0.243 e. The number of sulfonamides is 1. The van der Waals surface area contributed by atoms with Gasteiger partial charge in [0.1, 0.15) is 0 Å². The van der Waals surface area contributed by atoms with Crippen molar-refractivity contribution in [3.63, 3.8) is 0 Å². The molecule has 0 radical (unpaired) electrons. The van der Waals surface area contributed by atoms with Crippen LogP contribution < -0.4 is 10.9 Å². The summed E-state index contributed by atoms with van der Waals surface area (Å²) in [7, 11) is -3.71. The fraction of sp³-hybridized carbons (Fsp3) is 0.350. The van der Waals surface area contributed by atoms with Crippen LogP contribution in [0.25, 0.3) is 0 Å². The second-order valence-corrected chi connectivity index (χ2v) is 10.5. The van der Waals surface area contributed by atoms with Gasteiger partial charge in [-0.3, -0.25) is 4.79 Å². The van der Waals surface area contributed by atoms with Crippen LogP contribution in [0.15, 0.2) is 41.3 Å². The van der Waals surface area contributed by atoms with Gasteiger partial charge < -0.3 is 0 Å². The van der Waals surface area contributed by atoms with Crippen LogP contribution in [-0.2, 0) is 14.8 Å². The molecule has 0 aliphatic carbocycles. The predicted octanol–water partition coefficient (Wildman–Crippen LogP) is 4.65. The highest BCUT2D eigenvalue weighted by Crippen LogP contribution is 2.31. The summed E-state index contributed by atoms with van der Waals surface area (Å²) in [5.74, 6) is 5.46. The van der Waals surface area contributed by atoms with Crippen LogP contribution in [0.2, 0.25) is 15.1 Å². The number of amides is 1. The van der Waals surface area contributed by atoms with Crippen molar-refractivity contribution in [3.8, 4) is 0 Å². The van der Waals surface area contributed by atoms with Gasteiger partial charge in [-0.1, -0.05) is 40.9 Å². The molecule has 1 aliphatic heterocycles. The normalized spacial score (nSPS) is 17.7. The number of benzene rings is 2. The Morgan fingerprint density at radius 1 is 1.20 bits per heavy atom. The zero-order valence-corrected chi connectivity index (χ0v) is 19.4. The van der Waals surface area contributed by atoms with E-state index in [1.54, 1.807) is 37.3 Å². The third-order valence-corrected chi connectivity index (χ3v) is 8.18. The molecule has 1 unspecified atom stereocenters. The minimum absolute atomic E-state index is 0.107. The molecular formula is C20H22Cl3N3O3S. The minimum Gasteiger partial charge on any atom is -0.273 e. The Hall–Kier alpha value is -1.35. The molecule has 30 heavy (non-hydrogen) atoms. The number of piperidine rings is 1. The largest absolute Gasteiger partial charge is 0.273 e. The molecule has 1 amide bonds. The Morgan fingerprint density at radius 3 is 2.63 bits per heavy atom. The van der Waals surface area contributed by atoms with Gasteiger partial charge in [-0.2, -0.15) is 4.31 Å². The molecule has 3 rings (SSSR count). The van der Waals surface area contributed by atoms with Crippen LogP contribution in [0.4, 0.5) is 5.69 Å². The summed E-state index contributed by atoms with van der Waals surface area (Å²) < 4.78 is 27.7. The smallest absolute Gasteiger partial charge is 0.243 e. The first-order valence-electron chi connectivity index (χ1n) is 9.39. The Labute approximate surface area is 191 Å². The van der Waals surface area contributed by atoms with E-state index in [4.69, 9.17) is 40.6 Å². The summed E-state index contributed by atoms with van der Waals surface area (Å²) in [4.78, 5) is 12.9. The third kappa shape index (κ3) is 4.93. The fourth-order valence-corrected chi connectivity index (χ4v) is 6.11. The van der Waals surface area contributed by atoms with Gasteiger partial charge >= 0.3 is 0 Å². The van der Waals surface area contributed by atoms with Crippen molar-refractivity contribution < 1.29 is 13.2 Å². The van der Waals surface area contributed by atoms with E-state index in [0.717, 1.165) is 11.4 Å². The minimum atomic E-state index is -3.71. The highest BCUT2D eigenvalue weighted by Gasteiger charge is 2.33. The zero-order chi connectivity index (χ0) is 22.1. The summed E-state index contributed by atoms with van der Waals surface area (Å²) in [6.45, 7) is 2.32. The average molecular weight is 491 g/mol.